The molecule has 0 heterocycles. The molecule has 0 rings (SSSR count). The Kier molecular flexibility index (Phi) is 15.0. The summed E-state index contributed by atoms with van der Waals surface area (Å²) in [4.78, 5) is 33.4. The van der Waals surface area contributed by atoms with Crippen LogP contribution in [-0.2, 0) is 19.1 Å². The first-order chi connectivity index (χ1) is 12.4. The van der Waals surface area contributed by atoms with Crippen molar-refractivity contribution in [3.63, 3.8) is 0 Å². The van der Waals surface area contributed by atoms with Crippen LogP contribution in [0.15, 0.2) is 0 Å². The van der Waals surface area contributed by atoms with E-state index >= 15 is 0 Å². The van der Waals surface area contributed by atoms with E-state index in [1.165, 1.54) is 6.92 Å². The molecule has 0 aliphatic rings. The number of Topliss-reactive ketones (excluding diaryl/α,β-unsaturated/α-hetero) is 1. The number of esters is 1. The van der Waals surface area contributed by atoms with Crippen LogP contribution in [0.5, 0.6) is 0 Å². The first-order valence-corrected chi connectivity index (χ1v) is 10.3. The number of ether oxygens (including phenoxy) is 1. The minimum Gasteiger partial charge on any atom is -0.481 e. The van der Waals surface area contributed by atoms with E-state index in [2.05, 4.69) is 6.92 Å². The van der Waals surface area contributed by atoms with Crippen LogP contribution in [0.25, 0.3) is 0 Å². The molecule has 0 saturated heterocycles. The van der Waals surface area contributed by atoms with Crippen molar-refractivity contribution in [2.75, 3.05) is 0 Å². The van der Waals surface area contributed by atoms with Gasteiger partial charge >= 0.3 is 11.9 Å². The van der Waals surface area contributed by atoms with Gasteiger partial charge in [-0.05, 0) is 45.4 Å². The maximum atomic E-state index is 11.8. The van der Waals surface area contributed by atoms with Gasteiger partial charge in [0, 0.05) is 19.3 Å². The molecular weight excluding hydrogens is 332 g/mol. The molecule has 5 nitrogen and oxygen atoms in total. The molecule has 0 saturated carbocycles. The Morgan fingerprint density at radius 3 is 1.85 bits per heavy atom. The number of carbonyl (C=O) groups is 3. The SMILES string of the molecule is CCCC(CCCCCC(CCCCCCC(=O)O)C(C)=O)OC(C)=O. The van der Waals surface area contributed by atoms with Crippen molar-refractivity contribution in [3.8, 4) is 0 Å². The Balaban J connectivity index is 3.87. The van der Waals surface area contributed by atoms with Gasteiger partial charge < -0.3 is 9.84 Å². The van der Waals surface area contributed by atoms with Gasteiger partial charge in [0.2, 0.25) is 0 Å². The number of hydrogen-bond donors (Lipinski definition) is 1. The van der Waals surface area contributed by atoms with Crippen LogP contribution in [0.3, 0.4) is 0 Å². The third kappa shape index (κ3) is 14.9. The van der Waals surface area contributed by atoms with Crippen molar-refractivity contribution >= 4 is 17.7 Å². The van der Waals surface area contributed by atoms with E-state index in [0.29, 0.717) is 0 Å². The van der Waals surface area contributed by atoms with E-state index < -0.39 is 5.97 Å². The number of ketones is 1. The van der Waals surface area contributed by atoms with Gasteiger partial charge in [0.25, 0.3) is 0 Å². The predicted octanol–water partition coefficient (Wildman–Crippen LogP) is 5.30. The van der Waals surface area contributed by atoms with E-state index in [1.54, 1.807) is 6.92 Å². The largest absolute Gasteiger partial charge is 0.481 e. The second kappa shape index (κ2) is 15.8. The predicted molar refractivity (Wildman–Crippen MR) is 103 cm³/mol. The first kappa shape index (κ1) is 24.6. The Labute approximate surface area is 158 Å². The summed E-state index contributed by atoms with van der Waals surface area (Å²) < 4.78 is 5.33. The molecule has 0 aliphatic carbocycles. The second-order valence-corrected chi connectivity index (χ2v) is 7.31. The molecular formula is C21H38O5. The van der Waals surface area contributed by atoms with Gasteiger partial charge in [0.1, 0.15) is 11.9 Å². The molecule has 2 unspecified atom stereocenters. The van der Waals surface area contributed by atoms with Gasteiger partial charge in [-0.1, -0.05) is 45.4 Å². The zero-order valence-corrected chi connectivity index (χ0v) is 16.9. The number of aliphatic carboxylic acids is 1. The standard InChI is InChI=1S/C21H38O5/c1-4-12-20(26-18(3)23)15-10-7-9-14-19(17(2)22)13-8-5-6-11-16-21(24)25/h19-20H,4-16H2,1-3H3,(H,24,25). The van der Waals surface area contributed by atoms with Crippen molar-refractivity contribution in [1.29, 1.82) is 0 Å². The average Bonchev–Trinajstić information content (AvgIpc) is 2.54. The van der Waals surface area contributed by atoms with Crippen LogP contribution in [0.4, 0.5) is 0 Å². The van der Waals surface area contributed by atoms with E-state index in [9.17, 15) is 14.4 Å². The van der Waals surface area contributed by atoms with Crippen LogP contribution >= 0.6 is 0 Å². The first-order valence-electron chi connectivity index (χ1n) is 10.3. The summed E-state index contributed by atoms with van der Waals surface area (Å²) >= 11 is 0. The molecule has 0 aliphatic heterocycles. The maximum Gasteiger partial charge on any atom is 0.303 e. The number of carbonyl (C=O) groups excluding carboxylic acids is 2. The monoisotopic (exact) mass is 370 g/mol. The quantitative estimate of drug-likeness (QED) is 0.277. The molecule has 26 heavy (non-hydrogen) atoms. The van der Waals surface area contributed by atoms with Crippen molar-refractivity contribution in [1.82, 2.24) is 0 Å². The lowest BCUT2D eigenvalue weighted by Crippen LogP contribution is -2.16. The van der Waals surface area contributed by atoms with Crippen LogP contribution in [0.1, 0.15) is 104 Å². The molecule has 0 amide bonds. The summed E-state index contributed by atoms with van der Waals surface area (Å²) in [5.41, 5.74) is 0. The fourth-order valence-corrected chi connectivity index (χ4v) is 3.33. The van der Waals surface area contributed by atoms with E-state index in [0.717, 1.165) is 77.0 Å². The molecule has 0 aromatic rings. The van der Waals surface area contributed by atoms with Gasteiger partial charge in [0.15, 0.2) is 0 Å². The lowest BCUT2D eigenvalue weighted by atomic mass is 9.91. The third-order valence-electron chi connectivity index (χ3n) is 4.79. The minimum atomic E-state index is -0.735. The fraction of sp³-hybridized carbons (Fsp3) is 0.857. The molecule has 0 aromatic heterocycles. The normalized spacial score (nSPS) is 13.2. The highest BCUT2D eigenvalue weighted by molar-refractivity contribution is 5.78. The molecule has 0 bridgehead atoms. The third-order valence-corrected chi connectivity index (χ3v) is 4.79. The lowest BCUT2D eigenvalue weighted by Gasteiger charge is -2.17. The number of carboxylic acids is 1. The van der Waals surface area contributed by atoms with Crippen LogP contribution in [0, 0.1) is 5.92 Å². The summed E-state index contributed by atoms with van der Waals surface area (Å²) in [7, 11) is 0. The second-order valence-electron chi connectivity index (χ2n) is 7.31. The highest BCUT2D eigenvalue weighted by Gasteiger charge is 2.14. The summed E-state index contributed by atoms with van der Waals surface area (Å²) in [6.45, 7) is 5.23. The summed E-state index contributed by atoms with van der Waals surface area (Å²) in [5, 5.41) is 8.61. The molecule has 152 valence electrons. The number of carboxylic acid groups (broad SMARTS) is 1. The van der Waals surface area contributed by atoms with Gasteiger partial charge in [-0.25, -0.2) is 0 Å². The Bertz CT molecular complexity index is 405. The Morgan fingerprint density at radius 1 is 0.808 bits per heavy atom. The molecule has 1 N–H and O–H groups in total. The molecule has 0 fully saturated rings. The summed E-state index contributed by atoms with van der Waals surface area (Å²) in [5.74, 6) is -0.543. The number of rotatable bonds is 17. The van der Waals surface area contributed by atoms with E-state index in [1.807, 2.05) is 0 Å². The van der Waals surface area contributed by atoms with Crippen molar-refractivity contribution in [2.45, 2.75) is 110 Å². The van der Waals surface area contributed by atoms with Crippen LogP contribution < -0.4 is 0 Å². The molecule has 0 aromatic carbocycles. The smallest absolute Gasteiger partial charge is 0.303 e. The zero-order valence-electron chi connectivity index (χ0n) is 16.9. The van der Waals surface area contributed by atoms with Gasteiger partial charge in [-0.15, -0.1) is 0 Å². The van der Waals surface area contributed by atoms with E-state index in [4.69, 9.17) is 9.84 Å². The van der Waals surface area contributed by atoms with Crippen LogP contribution in [0.2, 0.25) is 0 Å². The topological polar surface area (TPSA) is 80.7 Å². The average molecular weight is 371 g/mol. The van der Waals surface area contributed by atoms with Gasteiger partial charge in [-0.3, -0.25) is 14.4 Å². The van der Waals surface area contributed by atoms with E-state index in [-0.39, 0.29) is 30.2 Å². The number of hydrogen-bond acceptors (Lipinski definition) is 4. The van der Waals surface area contributed by atoms with Gasteiger partial charge in [-0.2, -0.15) is 0 Å². The molecule has 5 heteroatoms. The highest BCUT2D eigenvalue weighted by Crippen LogP contribution is 2.20. The summed E-state index contributed by atoms with van der Waals surface area (Å²) in [6, 6.07) is 0. The molecule has 2 atom stereocenters. The Morgan fingerprint density at radius 2 is 1.35 bits per heavy atom. The van der Waals surface area contributed by atoms with Crippen molar-refractivity contribution in [2.24, 2.45) is 5.92 Å². The lowest BCUT2D eigenvalue weighted by molar-refractivity contribution is -0.147. The van der Waals surface area contributed by atoms with Crippen molar-refractivity contribution in [3.05, 3.63) is 0 Å². The minimum absolute atomic E-state index is 0.0342. The number of unbranched alkanes of at least 4 members (excludes halogenated alkanes) is 5. The highest BCUT2D eigenvalue weighted by atomic mass is 16.5. The van der Waals surface area contributed by atoms with Gasteiger partial charge in [0.05, 0.1) is 0 Å². The zero-order chi connectivity index (χ0) is 19.8. The molecule has 0 radical (unpaired) electrons. The summed E-state index contributed by atoms with van der Waals surface area (Å²) in [6.07, 6.45) is 11.7. The Hall–Kier alpha value is -1.39. The van der Waals surface area contributed by atoms with Crippen molar-refractivity contribution < 1.29 is 24.2 Å². The molecule has 0 spiro atoms. The van der Waals surface area contributed by atoms with Crippen LogP contribution in [-0.4, -0.2) is 28.9 Å². The fourth-order valence-electron chi connectivity index (χ4n) is 3.33. The maximum absolute atomic E-state index is 11.8.